The van der Waals surface area contributed by atoms with Crippen molar-refractivity contribution in [2.75, 3.05) is 18.4 Å². The molecule has 1 fully saturated rings. The van der Waals surface area contributed by atoms with Crippen LogP contribution in [0.5, 0.6) is 0 Å². The smallest absolute Gasteiger partial charge is 0.227 e. The Morgan fingerprint density at radius 3 is 2.59 bits per heavy atom. The molecule has 0 aliphatic carbocycles. The highest BCUT2D eigenvalue weighted by Gasteiger charge is 2.28. The van der Waals surface area contributed by atoms with E-state index in [0.29, 0.717) is 37.2 Å². The molecule has 5 nitrogen and oxygen atoms in total. The Labute approximate surface area is 168 Å². The second-order valence-corrected chi connectivity index (χ2v) is 7.29. The fourth-order valence-corrected chi connectivity index (χ4v) is 3.75. The van der Waals surface area contributed by atoms with E-state index in [-0.39, 0.29) is 30.0 Å². The van der Waals surface area contributed by atoms with E-state index in [2.05, 4.69) is 10.3 Å². The molecule has 3 aromatic rings. The first-order valence-electron chi connectivity index (χ1n) is 9.77. The molecule has 1 aromatic heterocycles. The molecule has 2 amide bonds. The Morgan fingerprint density at radius 1 is 1.03 bits per heavy atom. The van der Waals surface area contributed by atoms with Crippen molar-refractivity contribution in [3.05, 3.63) is 72.2 Å². The monoisotopic (exact) mass is 391 g/mol. The van der Waals surface area contributed by atoms with Crippen LogP contribution in [0.3, 0.4) is 0 Å². The molecule has 2 aromatic carbocycles. The van der Waals surface area contributed by atoms with Crippen molar-refractivity contribution in [2.24, 2.45) is 5.92 Å². The lowest BCUT2D eigenvalue weighted by Crippen LogP contribution is -2.42. The number of amides is 2. The lowest BCUT2D eigenvalue weighted by atomic mass is 9.95. The van der Waals surface area contributed by atoms with Crippen LogP contribution in [0.1, 0.15) is 18.4 Å². The van der Waals surface area contributed by atoms with Gasteiger partial charge in [0.2, 0.25) is 11.8 Å². The van der Waals surface area contributed by atoms with Crippen molar-refractivity contribution >= 4 is 28.4 Å². The van der Waals surface area contributed by atoms with Crippen LogP contribution in [0.15, 0.2) is 60.8 Å². The number of fused-ring (bicyclic) bond motifs is 1. The number of benzene rings is 2. The summed E-state index contributed by atoms with van der Waals surface area (Å²) in [4.78, 5) is 31.3. The molecule has 0 spiro atoms. The Morgan fingerprint density at radius 2 is 1.79 bits per heavy atom. The minimum atomic E-state index is -0.362. The molecule has 1 N–H and O–H groups in total. The number of anilines is 1. The number of halogens is 1. The number of hydrogen-bond donors (Lipinski definition) is 1. The molecule has 0 unspecified atom stereocenters. The highest BCUT2D eigenvalue weighted by Crippen LogP contribution is 2.24. The van der Waals surface area contributed by atoms with Gasteiger partial charge in [-0.15, -0.1) is 0 Å². The third-order valence-corrected chi connectivity index (χ3v) is 5.41. The molecule has 0 saturated carbocycles. The number of nitrogens with zero attached hydrogens (tertiary/aromatic N) is 2. The number of aromatic nitrogens is 1. The van der Waals surface area contributed by atoms with Crippen LogP contribution in [0.2, 0.25) is 0 Å². The third-order valence-electron chi connectivity index (χ3n) is 5.41. The Hall–Kier alpha value is -3.28. The number of rotatable bonds is 4. The lowest BCUT2D eigenvalue weighted by Gasteiger charge is -2.31. The number of pyridine rings is 1. The molecular formula is C23H22FN3O2. The number of hydrogen-bond acceptors (Lipinski definition) is 3. The summed E-state index contributed by atoms with van der Waals surface area (Å²) in [5, 5.41) is 3.96. The first-order valence-corrected chi connectivity index (χ1v) is 9.77. The van der Waals surface area contributed by atoms with Gasteiger partial charge in [-0.1, -0.05) is 36.4 Å². The fraction of sp³-hybridized carbons (Fsp3) is 0.261. The maximum Gasteiger partial charge on any atom is 0.227 e. The van der Waals surface area contributed by atoms with Gasteiger partial charge in [0.05, 0.1) is 17.6 Å². The quantitative estimate of drug-likeness (QED) is 0.736. The van der Waals surface area contributed by atoms with E-state index in [4.69, 9.17) is 0 Å². The standard InChI is InChI=1S/C23H22FN3O2/c24-19-8-2-1-5-18(19)15-21(28)27-13-10-17(11-14-27)23(29)26-20-9-3-6-16-7-4-12-25-22(16)20/h1-9,12,17H,10-11,13-15H2,(H,26,29). The van der Waals surface area contributed by atoms with E-state index < -0.39 is 0 Å². The summed E-state index contributed by atoms with van der Waals surface area (Å²) in [5.74, 6) is -0.679. The van der Waals surface area contributed by atoms with Crippen molar-refractivity contribution in [3.8, 4) is 0 Å². The molecule has 1 saturated heterocycles. The van der Waals surface area contributed by atoms with Crippen LogP contribution >= 0.6 is 0 Å². The summed E-state index contributed by atoms with van der Waals surface area (Å²) in [6.45, 7) is 0.998. The molecule has 0 bridgehead atoms. The first-order chi connectivity index (χ1) is 14.1. The molecule has 1 aliphatic rings. The number of carbonyl (C=O) groups excluding carboxylic acids is 2. The number of nitrogens with one attached hydrogen (secondary N) is 1. The van der Waals surface area contributed by atoms with Crippen molar-refractivity contribution in [1.82, 2.24) is 9.88 Å². The minimum absolute atomic E-state index is 0.0468. The van der Waals surface area contributed by atoms with Gasteiger partial charge in [-0.05, 0) is 36.6 Å². The van der Waals surface area contributed by atoms with Crippen molar-refractivity contribution < 1.29 is 14.0 Å². The molecule has 148 valence electrons. The van der Waals surface area contributed by atoms with E-state index in [1.165, 1.54) is 6.07 Å². The zero-order valence-corrected chi connectivity index (χ0v) is 16.0. The van der Waals surface area contributed by atoms with Gasteiger partial charge in [-0.3, -0.25) is 14.6 Å². The summed E-state index contributed by atoms with van der Waals surface area (Å²) in [5.41, 5.74) is 1.87. The lowest BCUT2D eigenvalue weighted by molar-refractivity contribution is -0.133. The Balaban J connectivity index is 1.35. The van der Waals surface area contributed by atoms with Crippen LogP contribution in [0, 0.1) is 11.7 Å². The minimum Gasteiger partial charge on any atom is -0.342 e. The molecule has 0 atom stereocenters. The van der Waals surface area contributed by atoms with E-state index in [1.807, 2.05) is 30.3 Å². The van der Waals surface area contributed by atoms with E-state index in [9.17, 15) is 14.0 Å². The summed E-state index contributed by atoms with van der Waals surface area (Å²) < 4.78 is 13.8. The number of likely N-dealkylation sites (tertiary alicyclic amines) is 1. The molecule has 4 rings (SSSR count). The van der Waals surface area contributed by atoms with Crippen LogP contribution in [0.4, 0.5) is 10.1 Å². The fourth-order valence-electron chi connectivity index (χ4n) is 3.75. The molecule has 0 radical (unpaired) electrons. The van der Waals surface area contributed by atoms with Gasteiger partial charge >= 0.3 is 0 Å². The van der Waals surface area contributed by atoms with Crippen molar-refractivity contribution in [1.29, 1.82) is 0 Å². The van der Waals surface area contributed by atoms with E-state index >= 15 is 0 Å². The summed E-state index contributed by atoms with van der Waals surface area (Å²) in [6, 6.07) is 15.8. The maximum atomic E-state index is 13.8. The van der Waals surface area contributed by atoms with Crippen LogP contribution < -0.4 is 5.32 Å². The third kappa shape index (κ3) is 4.26. The number of piperidine rings is 1. The van der Waals surface area contributed by atoms with Crippen LogP contribution in [-0.4, -0.2) is 34.8 Å². The average Bonchev–Trinajstić information content (AvgIpc) is 2.75. The van der Waals surface area contributed by atoms with Gasteiger partial charge in [-0.2, -0.15) is 0 Å². The summed E-state index contributed by atoms with van der Waals surface area (Å²) in [6.07, 6.45) is 2.93. The molecular weight excluding hydrogens is 369 g/mol. The average molecular weight is 391 g/mol. The van der Waals surface area contributed by atoms with E-state index in [0.717, 1.165) is 10.9 Å². The predicted molar refractivity (Wildman–Crippen MR) is 110 cm³/mol. The predicted octanol–water partition coefficient (Wildman–Crippen LogP) is 3.79. The van der Waals surface area contributed by atoms with Crippen LogP contribution in [-0.2, 0) is 16.0 Å². The Bertz CT molecular complexity index is 1040. The largest absolute Gasteiger partial charge is 0.342 e. The molecule has 1 aliphatic heterocycles. The SMILES string of the molecule is O=C(Nc1cccc2cccnc12)C1CCN(C(=O)Cc2ccccc2F)CC1. The number of carbonyl (C=O) groups is 2. The van der Waals surface area contributed by atoms with Crippen LogP contribution in [0.25, 0.3) is 10.9 Å². The topological polar surface area (TPSA) is 62.3 Å². The highest BCUT2D eigenvalue weighted by molar-refractivity contribution is 6.01. The second-order valence-electron chi connectivity index (χ2n) is 7.29. The van der Waals surface area contributed by atoms with Gasteiger partial charge in [0.25, 0.3) is 0 Å². The second kappa shape index (κ2) is 8.39. The molecule has 6 heteroatoms. The Kier molecular flexibility index (Phi) is 5.51. The van der Waals surface area contributed by atoms with Gasteiger partial charge < -0.3 is 10.2 Å². The maximum absolute atomic E-state index is 13.8. The summed E-state index contributed by atoms with van der Waals surface area (Å²) >= 11 is 0. The molecule has 2 heterocycles. The first kappa shape index (κ1) is 19.1. The van der Waals surface area contributed by atoms with Gasteiger partial charge in [0, 0.05) is 30.6 Å². The van der Waals surface area contributed by atoms with Gasteiger partial charge in [0.1, 0.15) is 5.82 Å². The normalized spacial score (nSPS) is 14.7. The van der Waals surface area contributed by atoms with E-state index in [1.54, 1.807) is 29.3 Å². The zero-order chi connectivity index (χ0) is 20.2. The summed E-state index contributed by atoms with van der Waals surface area (Å²) in [7, 11) is 0. The highest BCUT2D eigenvalue weighted by atomic mass is 19.1. The van der Waals surface area contributed by atoms with Gasteiger partial charge in [-0.25, -0.2) is 4.39 Å². The van der Waals surface area contributed by atoms with Gasteiger partial charge in [0.15, 0.2) is 0 Å². The molecule has 29 heavy (non-hydrogen) atoms. The van der Waals surface area contributed by atoms with Crippen molar-refractivity contribution in [3.63, 3.8) is 0 Å². The number of para-hydroxylation sites is 1. The van der Waals surface area contributed by atoms with Crippen molar-refractivity contribution in [2.45, 2.75) is 19.3 Å². The zero-order valence-electron chi connectivity index (χ0n) is 16.0.